The number of benzene rings is 1. The molecule has 1 heterocycles. The van der Waals surface area contributed by atoms with Crippen LogP contribution in [0.1, 0.15) is 10.4 Å². The summed E-state index contributed by atoms with van der Waals surface area (Å²) in [5.41, 5.74) is 1.03. The van der Waals surface area contributed by atoms with Crippen LogP contribution in [0.25, 0.3) is 5.69 Å². The third-order valence-electron chi connectivity index (χ3n) is 2.16. The molecule has 0 bridgehead atoms. The van der Waals surface area contributed by atoms with Crippen molar-refractivity contribution in [3.05, 3.63) is 29.8 Å². The van der Waals surface area contributed by atoms with E-state index in [1.807, 2.05) is 12.3 Å². The van der Waals surface area contributed by atoms with Crippen molar-refractivity contribution in [2.75, 3.05) is 13.4 Å². The Bertz CT molecular complexity index is 541. The summed E-state index contributed by atoms with van der Waals surface area (Å²) in [5.74, 6) is -0.414. The Kier molecular flexibility index (Phi) is 3.38. The van der Waals surface area contributed by atoms with Gasteiger partial charge in [0.1, 0.15) is 0 Å². The quantitative estimate of drug-likeness (QED) is 0.601. The molecule has 0 unspecified atom stereocenters. The number of nitrogens with zero attached hydrogens (tertiary/aromatic N) is 4. The average molecular weight is 250 g/mol. The average Bonchev–Trinajstić information content (AvgIpc) is 2.86. The minimum Gasteiger partial charge on any atom is -0.465 e. The highest BCUT2D eigenvalue weighted by Crippen LogP contribution is 2.19. The van der Waals surface area contributed by atoms with Gasteiger partial charge < -0.3 is 4.74 Å². The van der Waals surface area contributed by atoms with Crippen molar-refractivity contribution in [3.8, 4) is 5.69 Å². The number of thioether (sulfide) groups is 1. The van der Waals surface area contributed by atoms with Gasteiger partial charge in [0, 0.05) is 0 Å². The highest BCUT2D eigenvalue weighted by molar-refractivity contribution is 7.98. The van der Waals surface area contributed by atoms with Crippen LogP contribution < -0.4 is 0 Å². The molecule has 6 nitrogen and oxygen atoms in total. The lowest BCUT2D eigenvalue weighted by Gasteiger charge is -2.07. The van der Waals surface area contributed by atoms with Crippen molar-refractivity contribution in [2.24, 2.45) is 0 Å². The molecule has 0 aliphatic rings. The summed E-state index contributed by atoms with van der Waals surface area (Å²) in [6.45, 7) is 0. The van der Waals surface area contributed by atoms with Gasteiger partial charge in [-0.15, -0.1) is 5.10 Å². The van der Waals surface area contributed by atoms with Gasteiger partial charge in [0.25, 0.3) is 0 Å². The van der Waals surface area contributed by atoms with E-state index in [0.717, 1.165) is 0 Å². The molecule has 17 heavy (non-hydrogen) atoms. The highest BCUT2D eigenvalue weighted by atomic mass is 32.2. The van der Waals surface area contributed by atoms with Gasteiger partial charge in [-0.05, 0) is 28.8 Å². The molecule has 0 saturated carbocycles. The second-order valence-electron chi connectivity index (χ2n) is 3.09. The number of methoxy groups -OCH3 is 1. The van der Waals surface area contributed by atoms with Crippen molar-refractivity contribution in [1.29, 1.82) is 0 Å². The molecule has 0 aliphatic carbocycles. The summed E-state index contributed by atoms with van der Waals surface area (Å²) in [6, 6.07) is 7.02. The molecule has 0 spiro atoms. The standard InChI is InChI=1S/C10H10N4O2S/c1-16-9(15)7-5-3-4-6-8(7)14-10(17-2)11-12-13-14/h3-6H,1-2H3. The van der Waals surface area contributed by atoms with Crippen molar-refractivity contribution in [2.45, 2.75) is 5.16 Å². The number of carbonyl (C=O) groups excluding carboxylic acids is 1. The largest absolute Gasteiger partial charge is 0.465 e. The fraction of sp³-hybridized carbons (Fsp3) is 0.200. The van der Waals surface area contributed by atoms with E-state index >= 15 is 0 Å². The van der Waals surface area contributed by atoms with Crippen LogP contribution in [0, 0.1) is 0 Å². The van der Waals surface area contributed by atoms with Crippen molar-refractivity contribution in [3.63, 3.8) is 0 Å². The number of para-hydroxylation sites is 1. The third-order valence-corrected chi connectivity index (χ3v) is 2.78. The second kappa shape index (κ2) is 4.96. The minimum absolute atomic E-state index is 0.414. The van der Waals surface area contributed by atoms with E-state index in [-0.39, 0.29) is 0 Å². The number of carbonyl (C=O) groups is 1. The molecular formula is C10H10N4O2S. The molecule has 0 N–H and O–H groups in total. The van der Waals surface area contributed by atoms with Gasteiger partial charge in [0.15, 0.2) is 0 Å². The summed E-state index contributed by atoms with van der Waals surface area (Å²) in [6.07, 6.45) is 1.86. The van der Waals surface area contributed by atoms with Gasteiger partial charge in [-0.2, -0.15) is 4.68 Å². The van der Waals surface area contributed by atoms with Crippen LogP contribution >= 0.6 is 11.8 Å². The van der Waals surface area contributed by atoms with Crippen LogP contribution in [0.4, 0.5) is 0 Å². The molecule has 0 aliphatic heterocycles. The Morgan fingerprint density at radius 3 is 2.88 bits per heavy atom. The van der Waals surface area contributed by atoms with E-state index in [1.165, 1.54) is 23.6 Å². The fourth-order valence-corrected chi connectivity index (χ4v) is 1.82. The van der Waals surface area contributed by atoms with E-state index in [1.54, 1.807) is 18.2 Å². The molecule has 88 valence electrons. The van der Waals surface area contributed by atoms with Crippen LogP contribution in [0.2, 0.25) is 0 Å². The van der Waals surface area contributed by atoms with Gasteiger partial charge >= 0.3 is 5.97 Å². The lowest BCUT2D eigenvalue weighted by atomic mass is 10.2. The second-order valence-corrected chi connectivity index (χ2v) is 3.86. The SMILES string of the molecule is COC(=O)c1ccccc1-n1nnnc1SC. The van der Waals surface area contributed by atoms with E-state index in [9.17, 15) is 4.79 Å². The van der Waals surface area contributed by atoms with E-state index < -0.39 is 5.97 Å². The predicted molar refractivity (Wildman–Crippen MR) is 62.3 cm³/mol. The smallest absolute Gasteiger partial charge is 0.340 e. The maximum absolute atomic E-state index is 11.6. The predicted octanol–water partition coefficient (Wildman–Crippen LogP) is 1.17. The van der Waals surface area contributed by atoms with Gasteiger partial charge in [-0.1, -0.05) is 23.9 Å². The lowest BCUT2D eigenvalue weighted by molar-refractivity contribution is 0.0600. The van der Waals surface area contributed by atoms with Gasteiger partial charge in [-0.25, -0.2) is 4.79 Å². The van der Waals surface area contributed by atoms with Crippen LogP contribution in [0.15, 0.2) is 29.4 Å². The summed E-state index contributed by atoms with van der Waals surface area (Å²) < 4.78 is 6.23. The van der Waals surface area contributed by atoms with Crippen molar-refractivity contribution < 1.29 is 9.53 Å². The summed E-state index contributed by atoms with van der Waals surface area (Å²) in [7, 11) is 1.34. The first kappa shape index (κ1) is 11.6. The highest BCUT2D eigenvalue weighted by Gasteiger charge is 2.16. The molecule has 0 fully saturated rings. The van der Waals surface area contributed by atoms with Crippen molar-refractivity contribution in [1.82, 2.24) is 20.2 Å². The Balaban J connectivity index is 2.56. The topological polar surface area (TPSA) is 69.9 Å². The summed E-state index contributed by atoms with van der Waals surface area (Å²) >= 11 is 1.40. The van der Waals surface area contributed by atoms with E-state index in [2.05, 4.69) is 15.5 Å². The lowest BCUT2D eigenvalue weighted by Crippen LogP contribution is -2.09. The van der Waals surface area contributed by atoms with Gasteiger partial charge in [0.05, 0.1) is 18.4 Å². The Labute approximate surface area is 102 Å². The number of ether oxygens (including phenoxy) is 1. The van der Waals surface area contributed by atoms with E-state index in [4.69, 9.17) is 4.74 Å². The first-order valence-corrected chi connectivity index (χ1v) is 6.00. The molecule has 1 aromatic heterocycles. The first-order chi connectivity index (χ1) is 8.27. The Hall–Kier alpha value is -1.89. The maximum atomic E-state index is 11.6. The Morgan fingerprint density at radius 1 is 1.41 bits per heavy atom. The monoisotopic (exact) mass is 250 g/mol. The van der Waals surface area contributed by atoms with Crippen molar-refractivity contribution >= 4 is 17.7 Å². The number of hydrogen-bond acceptors (Lipinski definition) is 6. The number of rotatable bonds is 3. The number of tetrazole rings is 1. The van der Waals surface area contributed by atoms with E-state index in [0.29, 0.717) is 16.4 Å². The molecule has 0 radical (unpaired) electrons. The summed E-state index contributed by atoms with van der Waals surface area (Å²) in [4.78, 5) is 11.6. The number of hydrogen-bond donors (Lipinski definition) is 0. The minimum atomic E-state index is -0.414. The molecule has 0 amide bonds. The molecule has 0 saturated heterocycles. The first-order valence-electron chi connectivity index (χ1n) is 4.78. The molecule has 2 aromatic rings. The molecule has 1 aromatic carbocycles. The van der Waals surface area contributed by atoms with Crippen LogP contribution in [-0.4, -0.2) is 39.5 Å². The number of aromatic nitrogens is 4. The Morgan fingerprint density at radius 2 is 2.18 bits per heavy atom. The van der Waals surface area contributed by atoms with Crippen LogP contribution in [-0.2, 0) is 4.74 Å². The van der Waals surface area contributed by atoms with Gasteiger partial charge in [0.2, 0.25) is 5.16 Å². The zero-order chi connectivity index (χ0) is 12.3. The normalized spacial score (nSPS) is 10.2. The zero-order valence-corrected chi connectivity index (χ0v) is 10.1. The number of esters is 1. The molecule has 2 rings (SSSR count). The maximum Gasteiger partial charge on any atom is 0.340 e. The fourth-order valence-electron chi connectivity index (χ4n) is 1.40. The summed E-state index contributed by atoms with van der Waals surface area (Å²) in [5, 5.41) is 11.9. The van der Waals surface area contributed by atoms with Crippen LogP contribution in [0.5, 0.6) is 0 Å². The molecule has 0 atom stereocenters. The van der Waals surface area contributed by atoms with Gasteiger partial charge in [-0.3, -0.25) is 0 Å². The molecular weight excluding hydrogens is 240 g/mol. The zero-order valence-electron chi connectivity index (χ0n) is 9.32. The third kappa shape index (κ3) is 2.14. The van der Waals surface area contributed by atoms with Crippen LogP contribution in [0.3, 0.4) is 0 Å². The molecule has 7 heteroatoms.